The number of aromatic nitrogens is 2. The average molecular weight is 473 g/mol. The molecule has 1 saturated carbocycles. The summed E-state index contributed by atoms with van der Waals surface area (Å²) in [5.74, 6) is 2.28. The van der Waals surface area contributed by atoms with E-state index in [0.717, 1.165) is 56.2 Å². The summed E-state index contributed by atoms with van der Waals surface area (Å²) >= 11 is 0. The molecular weight excluding hydrogens is 435 g/mol. The Hall–Kier alpha value is -1.98. The molecule has 2 aliphatic carbocycles. The van der Waals surface area contributed by atoms with E-state index in [2.05, 4.69) is 35.1 Å². The van der Waals surface area contributed by atoms with Crippen LogP contribution in [-0.4, -0.2) is 38.5 Å². The van der Waals surface area contributed by atoms with Crippen LogP contribution in [0, 0.1) is 17.8 Å². The number of nitrogens with zero attached hydrogens (tertiary/aromatic N) is 3. The Bertz CT molecular complexity index is 1010. The fraction of sp³-hybridized carbons (Fsp3) is 0.640. The first-order chi connectivity index (χ1) is 15.7. The van der Waals surface area contributed by atoms with Crippen molar-refractivity contribution in [1.82, 2.24) is 9.97 Å². The van der Waals surface area contributed by atoms with Crippen molar-refractivity contribution in [2.75, 3.05) is 18.1 Å². The van der Waals surface area contributed by atoms with Gasteiger partial charge in [0.2, 0.25) is 13.2 Å². The lowest BCUT2D eigenvalue weighted by atomic mass is 9.73. The van der Waals surface area contributed by atoms with Crippen LogP contribution in [0.4, 0.5) is 11.5 Å². The van der Waals surface area contributed by atoms with Crippen molar-refractivity contribution in [2.45, 2.75) is 71.3 Å². The summed E-state index contributed by atoms with van der Waals surface area (Å²) in [6, 6.07) is 0. The topological polar surface area (TPSA) is 111 Å². The summed E-state index contributed by atoms with van der Waals surface area (Å²) in [7, 11) is -2.96. The van der Waals surface area contributed by atoms with Gasteiger partial charge in [0, 0.05) is 12.3 Å². The van der Waals surface area contributed by atoms with Gasteiger partial charge in [0.05, 0.1) is 5.71 Å². The van der Waals surface area contributed by atoms with Gasteiger partial charge in [-0.3, -0.25) is 4.57 Å². The first-order valence-electron chi connectivity index (χ1n) is 12.3. The van der Waals surface area contributed by atoms with E-state index in [-0.39, 0.29) is 0 Å². The molecule has 2 heterocycles. The van der Waals surface area contributed by atoms with Crippen LogP contribution in [0.5, 0.6) is 5.88 Å². The SMILES string of the molecule is CCCCP(=O)(O)CC1CCC(C2C=CC(C3=Nc4c(N)ncnc4OC3(C)C)=CC2)CC1. The van der Waals surface area contributed by atoms with Gasteiger partial charge < -0.3 is 15.4 Å². The molecule has 2 unspecified atom stereocenters. The van der Waals surface area contributed by atoms with E-state index < -0.39 is 13.0 Å². The Morgan fingerprint density at radius 1 is 1.24 bits per heavy atom. The summed E-state index contributed by atoms with van der Waals surface area (Å²) < 4.78 is 18.6. The number of unbranched alkanes of at least 4 members (excludes halogenated alkanes) is 1. The molecule has 0 saturated heterocycles. The van der Waals surface area contributed by atoms with Crippen molar-refractivity contribution < 1.29 is 14.2 Å². The van der Waals surface area contributed by atoms with Gasteiger partial charge in [-0.25, -0.2) is 9.98 Å². The maximum absolute atomic E-state index is 12.5. The zero-order valence-corrected chi connectivity index (χ0v) is 20.9. The predicted molar refractivity (Wildman–Crippen MR) is 133 cm³/mol. The van der Waals surface area contributed by atoms with Gasteiger partial charge in [-0.05, 0) is 75.7 Å². The minimum atomic E-state index is -2.96. The number of anilines is 1. The molecular formula is C25H37N4O3P. The smallest absolute Gasteiger partial charge is 0.246 e. The summed E-state index contributed by atoms with van der Waals surface area (Å²) in [6.07, 6.45) is 16.3. The third kappa shape index (κ3) is 5.58. The third-order valence-corrected chi connectivity index (χ3v) is 9.37. The molecule has 33 heavy (non-hydrogen) atoms. The van der Waals surface area contributed by atoms with Crippen LogP contribution < -0.4 is 10.5 Å². The van der Waals surface area contributed by atoms with Crippen molar-refractivity contribution in [2.24, 2.45) is 22.7 Å². The highest BCUT2D eigenvalue weighted by Gasteiger charge is 2.37. The van der Waals surface area contributed by atoms with Gasteiger partial charge in [-0.15, -0.1) is 0 Å². The first-order valence-corrected chi connectivity index (χ1v) is 14.3. The number of allylic oxidation sites excluding steroid dienone is 3. The highest BCUT2D eigenvalue weighted by Crippen LogP contribution is 2.48. The summed E-state index contributed by atoms with van der Waals surface area (Å²) in [5, 5.41) is 0. The van der Waals surface area contributed by atoms with Crippen molar-refractivity contribution >= 4 is 24.6 Å². The standard InChI is InChI=1S/C25H37N4O3P/c1-4-5-14-33(30,31)15-17-6-8-18(9-7-17)19-10-12-20(13-11-19)22-25(2,3)32-24-21(29-22)23(26)27-16-28-24/h10,12-13,16-19H,4-9,11,14-15H2,1-3H3,(H,30,31)(H2,26,27,28). The van der Waals surface area contributed by atoms with Gasteiger partial charge >= 0.3 is 0 Å². The number of rotatable bonds is 7. The van der Waals surface area contributed by atoms with Crippen LogP contribution in [0.25, 0.3) is 0 Å². The second-order valence-corrected chi connectivity index (χ2v) is 12.8. The fourth-order valence-corrected chi connectivity index (χ4v) is 7.53. The van der Waals surface area contributed by atoms with E-state index in [4.69, 9.17) is 15.5 Å². The minimum Gasteiger partial charge on any atom is -0.463 e. The molecule has 1 fully saturated rings. The van der Waals surface area contributed by atoms with E-state index in [0.29, 0.717) is 47.5 Å². The lowest BCUT2D eigenvalue weighted by Gasteiger charge is -2.35. The molecule has 7 nitrogen and oxygen atoms in total. The predicted octanol–water partition coefficient (Wildman–Crippen LogP) is 5.68. The normalized spacial score (nSPS) is 28.2. The Balaban J connectivity index is 1.37. The lowest BCUT2D eigenvalue weighted by Crippen LogP contribution is -2.41. The minimum absolute atomic E-state index is 0.324. The lowest BCUT2D eigenvalue weighted by molar-refractivity contribution is 0.171. The zero-order valence-electron chi connectivity index (χ0n) is 20.0. The molecule has 1 aromatic rings. The molecule has 0 radical (unpaired) electrons. The molecule has 2 atom stereocenters. The maximum atomic E-state index is 12.5. The van der Waals surface area contributed by atoms with Crippen molar-refractivity contribution in [3.05, 3.63) is 30.1 Å². The molecule has 180 valence electrons. The van der Waals surface area contributed by atoms with Crippen LogP contribution in [0.1, 0.15) is 65.7 Å². The van der Waals surface area contributed by atoms with Crippen molar-refractivity contribution in [3.8, 4) is 5.88 Å². The monoisotopic (exact) mass is 472 g/mol. The van der Waals surface area contributed by atoms with Gasteiger partial charge in [0.15, 0.2) is 11.5 Å². The Kier molecular flexibility index (Phi) is 7.11. The summed E-state index contributed by atoms with van der Waals surface area (Å²) in [4.78, 5) is 23.3. The molecule has 0 bridgehead atoms. The molecule has 1 aromatic heterocycles. The molecule has 0 amide bonds. The van der Waals surface area contributed by atoms with Gasteiger partial charge in [0.1, 0.15) is 11.9 Å². The van der Waals surface area contributed by atoms with E-state index in [9.17, 15) is 9.46 Å². The number of nitrogens with two attached hydrogens (primary N) is 1. The number of ether oxygens (including phenoxy) is 1. The van der Waals surface area contributed by atoms with Crippen molar-refractivity contribution in [1.29, 1.82) is 0 Å². The highest BCUT2D eigenvalue weighted by atomic mass is 31.2. The Morgan fingerprint density at radius 3 is 2.67 bits per heavy atom. The van der Waals surface area contributed by atoms with Gasteiger partial charge in [0.25, 0.3) is 0 Å². The molecule has 4 rings (SSSR count). The second kappa shape index (κ2) is 9.71. The maximum Gasteiger partial charge on any atom is 0.246 e. The van der Waals surface area contributed by atoms with Crippen LogP contribution >= 0.6 is 7.37 Å². The van der Waals surface area contributed by atoms with E-state index >= 15 is 0 Å². The van der Waals surface area contributed by atoms with Crippen LogP contribution in [0.15, 0.2) is 35.1 Å². The third-order valence-electron chi connectivity index (χ3n) is 7.27. The Labute approximate surface area is 197 Å². The van der Waals surface area contributed by atoms with Crippen LogP contribution in [-0.2, 0) is 4.57 Å². The fourth-order valence-electron chi connectivity index (χ4n) is 5.36. The van der Waals surface area contributed by atoms with Crippen LogP contribution in [0.3, 0.4) is 0 Å². The number of hydrogen-bond acceptors (Lipinski definition) is 6. The molecule has 0 spiro atoms. The van der Waals surface area contributed by atoms with Gasteiger partial charge in [-0.1, -0.05) is 31.6 Å². The quantitative estimate of drug-likeness (QED) is 0.494. The molecule has 3 aliphatic rings. The second-order valence-electron chi connectivity index (χ2n) is 10.3. The number of aliphatic imine (C=N–C) groups is 1. The summed E-state index contributed by atoms with van der Waals surface area (Å²) in [6.45, 7) is 6.06. The van der Waals surface area contributed by atoms with E-state index in [1.54, 1.807) is 0 Å². The van der Waals surface area contributed by atoms with Gasteiger partial charge in [-0.2, -0.15) is 4.98 Å². The molecule has 0 aromatic carbocycles. The van der Waals surface area contributed by atoms with Crippen LogP contribution in [0.2, 0.25) is 0 Å². The van der Waals surface area contributed by atoms with E-state index in [1.165, 1.54) is 6.33 Å². The largest absolute Gasteiger partial charge is 0.463 e. The zero-order chi connectivity index (χ0) is 23.6. The highest BCUT2D eigenvalue weighted by molar-refractivity contribution is 7.57. The summed E-state index contributed by atoms with van der Waals surface area (Å²) in [5.41, 5.74) is 7.81. The Morgan fingerprint density at radius 2 is 2.00 bits per heavy atom. The first kappa shape index (κ1) is 24.2. The van der Waals surface area contributed by atoms with E-state index in [1.807, 2.05) is 13.8 Å². The number of fused-ring (bicyclic) bond motifs is 1. The molecule has 8 heteroatoms. The number of nitrogen functional groups attached to an aromatic ring is 1. The molecule has 3 N–H and O–H groups in total. The average Bonchev–Trinajstić information content (AvgIpc) is 2.77. The van der Waals surface area contributed by atoms with Crippen molar-refractivity contribution in [3.63, 3.8) is 0 Å². The number of hydrogen-bond donors (Lipinski definition) is 2. The molecule has 1 aliphatic heterocycles.